The Hall–Kier alpha value is -4.02. The van der Waals surface area contributed by atoms with Gasteiger partial charge in [0, 0.05) is 18.2 Å². The number of unbranched alkanes of at least 4 members (excludes halogenated alkanes) is 1. The fourth-order valence-corrected chi connectivity index (χ4v) is 4.74. The van der Waals surface area contributed by atoms with E-state index >= 15 is 0 Å². The molecule has 1 aliphatic heterocycles. The Morgan fingerprint density at radius 1 is 0.895 bits per heavy atom. The number of hydrogen-bond acceptors (Lipinski definition) is 8. The zero-order chi connectivity index (χ0) is 26.7. The fourth-order valence-electron chi connectivity index (χ4n) is 3.94. The number of carbonyl (C=O) groups is 2. The molecule has 4 rings (SSSR count). The third-order valence-corrected chi connectivity index (χ3v) is 6.83. The van der Waals surface area contributed by atoms with Crippen molar-refractivity contribution in [2.24, 2.45) is 5.73 Å². The number of rotatable bonds is 12. The second kappa shape index (κ2) is 13.5. The number of aryl methyl sites for hydroxylation is 1. The van der Waals surface area contributed by atoms with E-state index in [1.165, 1.54) is 11.3 Å². The topological polar surface area (TPSA) is 134 Å². The van der Waals surface area contributed by atoms with Gasteiger partial charge in [-0.1, -0.05) is 65.9 Å². The highest BCUT2D eigenvalue weighted by molar-refractivity contribution is 7.15. The highest BCUT2D eigenvalue weighted by Gasteiger charge is 2.11. The van der Waals surface area contributed by atoms with Crippen LogP contribution in [-0.4, -0.2) is 22.0 Å². The first-order chi connectivity index (χ1) is 18.4. The summed E-state index contributed by atoms with van der Waals surface area (Å²) in [5, 5.41) is 15.4. The van der Waals surface area contributed by atoms with Gasteiger partial charge in [-0.25, -0.2) is 0 Å². The summed E-state index contributed by atoms with van der Waals surface area (Å²) in [6.07, 6.45) is 7.97. The lowest BCUT2D eigenvalue weighted by atomic mass is 10.0. The molecule has 1 aromatic heterocycles. The largest absolute Gasteiger partial charge is 0.324 e. The van der Waals surface area contributed by atoms with E-state index in [1.807, 2.05) is 73.7 Å². The van der Waals surface area contributed by atoms with Crippen molar-refractivity contribution in [3.8, 4) is 0 Å². The van der Waals surface area contributed by atoms with Crippen molar-refractivity contribution >= 4 is 28.3 Å². The Balaban J connectivity index is 1.14. The van der Waals surface area contributed by atoms with Gasteiger partial charge in [0.15, 0.2) is 0 Å². The Bertz CT molecular complexity index is 1300. The van der Waals surface area contributed by atoms with Crippen LogP contribution in [0.2, 0.25) is 0 Å². The number of amides is 2. The van der Waals surface area contributed by atoms with Crippen molar-refractivity contribution in [3.63, 3.8) is 0 Å². The molecule has 0 saturated heterocycles. The number of nitrogens with zero attached hydrogens (tertiary/aromatic N) is 2. The Morgan fingerprint density at radius 2 is 1.63 bits per heavy atom. The molecular formula is C28H33N7O2S. The molecule has 3 aromatic rings. The summed E-state index contributed by atoms with van der Waals surface area (Å²) in [7, 11) is 0. The van der Waals surface area contributed by atoms with E-state index < -0.39 is 0 Å². The lowest BCUT2D eigenvalue weighted by Gasteiger charge is -2.20. The maximum Gasteiger partial charge on any atom is 0.230 e. The lowest BCUT2D eigenvalue weighted by Crippen LogP contribution is -2.41. The van der Waals surface area contributed by atoms with Crippen LogP contribution < -0.4 is 27.2 Å². The summed E-state index contributed by atoms with van der Waals surface area (Å²) in [5.41, 5.74) is 16.1. The van der Waals surface area contributed by atoms with Crippen molar-refractivity contribution < 1.29 is 9.59 Å². The number of carbonyl (C=O) groups excluding carboxylic acids is 2. The number of nitrogens with two attached hydrogens (primary N) is 1. The molecule has 9 nitrogen and oxygen atoms in total. The summed E-state index contributed by atoms with van der Waals surface area (Å²) in [6, 6.07) is 17.3. The number of hydrazine groups is 1. The third kappa shape index (κ3) is 8.53. The molecule has 0 bridgehead atoms. The predicted molar refractivity (Wildman–Crippen MR) is 150 cm³/mol. The molecule has 6 N–H and O–H groups in total. The first kappa shape index (κ1) is 27.0. The van der Waals surface area contributed by atoms with Crippen molar-refractivity contribution in [1.82, 2.24) is 26.4 Å². The van der Waals surface area contributed by atoms with E-state index in [0.29, 0.717) is 17.4 Å². The summed E-state index contributed by atoms with van der Waals surface area (Å²) < 4.78 is 0. The highest BCUT2D eigenvalue weighted by atomic mass is 32.1. The minimum absolute atomic E-state index is 0.0676. The third-order valence-electron chi connectivity index (χ3n) is 5.93. The number of nitrogens with one attached hydrogen (secondary N) is 4. The first-order valence-corrected chi connectivity index (χ1v) is 13.5. The average Bonchev–Trinajstić information content (AvgIpc) is 3.35. The minimum Gasteiger partial charge on any atom is -0.324 e. The molecule has 0 radical (unpaired) electrons. The molecule has 38 heavy (non-hydrogen) atoms. The van der Waals surface area contributed by atoms with Gasteiger partial charge in [0.1, 0.15) is 10.8 Å². The quantitative estimate of drug-likeness (QED) is 0.225. The summed E-state index contributed by atoms with van der Waals surface area (Å²) in [6.45, 7) is 1.92. The van der Waals surface area contributed by atoms with Crippen LogP contribution in [0.25, 0.3) is 0 Å². The zero-order valence-corrected chi connectivity index (χ0v) is 22.2. The summed E-state index contributed by atoms with van der Waals surface area (Å²) >= 11 is 1.41. The van der Waals surface area contributed by atoms with Gasteiger partial charge < -0.3 is 21.8 Å². The smallest absolute Gasteiger partial charge is 0.230 e. The van der Waals surface area contributed by atoms with Crippen molar-refractivity contribution in [1.29, 1.82) is 0 Å². The number of allylic oxidation sites excluding steroid dienone is 3. The van der Waals surface area contributed by atoms with E-state index in [2.05, 4.69) is 31.7 Å². The second-order valence-electron chi connectivity index (χ2n) is 9.20. The molecule has 198 valence electrons. The van der Waals surface area contributed by atoms with Crippen LogP contribution in [0.5, 0.6) is 0 Å². The molecule has 1 atom stereocenters. The van der Waals surface area contributed by atoms with Crippen LogP contribution in [0.3, 0.4) is 0 Å². The SMILES string of the molecule is CC(N)c1cccc(CC(=O)NC2=CC=C(CCCCc3nnc(NC(=O)Cc4ccccc4)s3)NN2)c1. The van der Waals surface area contributed by atoms with Gasteiger partial charge in [-0.3, -0.25) is 15.0 Å². The lowest BCUT2D eigenvalue weighted by molar-refractivity contribution is -0.120. The Kier molecular flexibility index (Phi) is 9.60. The normalized spacial score (nSPS) is 13.4. The van der Waals surface area contributed by atoms with Gasteiger partial charge in [0.2, 0.25) is 16.9 Å². The van der Waals surface area contributed by atoms with Crippen molar-refractivity contribution in [3.05, 3.63) is 100.0 Å². The standard InChI is InChI=1S/C28H33N7O2S/c1-19(29)22-11-7-10-21(16-22)18-25(36)30-24-15-14-23(32-33-24)12-5-6-13-27-34-35-28(38-27)31-26(37)17-20-8-3-2-4-9-20/h2-4,7-11,14-16,19,32-33H,5-6,12-13,17-18,29H2,1H3,(H,30,36)(H,31,35,37). The van der Waals surface area contributed by atoms with Crippen LogP contribution in [-0.2, 0) is 28.9 Å². The molecule has 0 fully saturated rings. The maximum absolute atomic E-state index is 12.4. The predicted octanol–water partition coefficient (Wildman–Crippen LogP) is 3.64. The Morgan fingerprint density at radius 3 is 2.39 bits per heavy atom. The van der Waals surface area contributed by atoms with Crippen LogP contribution in [0, 0.1) is 0 Å². The van der Waals surface area contributed by atoms with Crippen molar-refractivity contribution in [2.75, 3.05) is 5.32 Å². The average molecular weight is 532 g/mol. The molecule has 2 heterocycles. The molecule has 1 unspecified atom stereocenters. The van der Waals surface area contributed by atoms with Crippen LogP contribution in [0.1, 0.15) is 53.9 Å². The van der Waals surface area contributed by atoms with Gasteiger partial charge in [-0.05, 0) is 55.0 Å². The Labute approximate surface area is 226 Å². The first-order valence-electron chi connectivity index (χ1n) is 12.7. The van der Waals surface area contributed by atoms with E-state index in [-0.39, 0.29) is 24.3 Å². The zero-order valence-electron chi connectivity index (χ0n) is 21.4. The molecule has 0 saturated carbocycles. The number of aromatic nitrogens is 2. The molecule has 0 aliphatic carbocycles. The fraction of sp³-hybridized carbons (Fsp3) is 0.286. The molecule has 2 aromatic carbocycles. The second-order valence-corrected chi connectivity index (χ2v) is 10.3. The van der Waals surface area contributed by atoms with Gasteiger partial charge in [0.05, 0.1) is 12.8 Å². The van der Waals surface area contributed by atoms with Crippen molar-refractivity contribution in [2.45, 2.75) is 51.5 Å². The van der Waals surface area contributed by atoms with Crippen LogP contribution in [0.4, 0.5) is 5.13 Å². The van der Waals surface area contributed by atoms with Gasteiger partial charge in [-0.15, -0.1) is 10.2 Å². The van der Waals surface area contributed by atoms with E-state index in [0.717, 1.165) is 53.1 Å². The number of anilines is 1. The molecular weight excluding hydrogens is 498 g/mol. The van der Waals surface area contributed by atoms with E-state index in [4.69, 9.17) is 5.73 Å². The molecule has 10 heteroatoms. The molecule has 1 aliphatic rings. The maximum atomic E-state index is 12.4. The number of benzene rings is 2. The minimum atomic E-state index is -0.100. The van der Waals surface area contributed by atoms with E-state index in [1.54, 1.807) is 0 Å². The molecule has 0 spiro atoms. The summed E-state index contributed by atoms with van der Waals surface area (Å²) in [4.78, 5) is 24.6. The monoisotopic (exact) mass is 531 g/mol. The van der Waals surface area contributed by atoms with Gasteiger partial charge in [-0.2, -0.15) is 0 Å². The van der Waals surface area contributed by atoms with Crippen LogP contribution >= 0.6 is 11.3 Å². The van der Waals surface area contributed by atoms with Crippen LogP contribution in [0.15, 0.2) is 78.3 Å². The summed E-state index contributed by atoms with van der Waals surface area (Å²) in [5.74, 6) is 0.412. The number of hydrogen-bond donors (Lipinski definition) is 5. The van der Waals surface area contributed by atoms with Gasteiger partial charge >= 0.3 is 0 Å². The highest BCUT2D eigenvalue weighted by Crippen LogP contribution is 2.19. The van der Waals surface area contributed by atoms with E-state index in [9.17, 15) is 9.59 Å². The molecule has 2 amide bonds. The van der Waals surface area contributed by atoms with Gasteiger partial charge in [0.25, 0.3) is 0 Å².